The molecule has 0 unspecified atom stereocenters. The van der Waals surface area contributed by atoms with Gasteiger partial charge in [-0.1, -0.05) is 23.7 Å². The Morgan fingerprint density at radius 1 is 1.37 bits per heavy atom. The first-order valence-electron chi connectivity index (χ1n) is 6.56. The average Bonchev–Trinajstić information content (AvgIpc) is 2.75. The number of carbonyl (C=O) groups is 1. The van der Waals surface area contributed by atoms with Gasteiger partial charge in [-0.25, -0.2) is 0 Å². The van der Waals surface area contributed by atoms with Crippen LogP contribution in [0.1, 0.15) is 32.3 Å². The Labute approximate surface area is 119 Å². The number of halogens is 1. The zero-order chi connectivity index (χ0) is 14.0. The van der Waals surface area contributed by atoms with E-state index in [1.165, 1.54) is 0 Å². The van der Waals surface area contributed by atoms with Crippen LogP contribution >= 0.6 is 11.6 Å². The fourth-order valence-electron chi connectivity index (χ4n) is 2.39. The summed E-state index contributed by atoms with van der Waals surface area (Å²) in [6.45, 7) is 7.11. The van der Waals surface area contributed by atoms with E-state index in [0.717, 1.165) is 12.1 Å². The summed E-state index contributed by atoms with van der Waals surface area (Å²) < 4.78 is 5.49. The fraction of sp³-hybridized carbons (Fsp3) is 0.533. The van der Waals surface area contributed by atoms with E-state index in [2.05, 4.69) is 5.32 Å². The third-order valence-electron chi connectivity index (χ3n) is 3.20. The Morgan fingerprint density at radius 2 is 2.11 bits per heavy atom. The lowest BCUT2D eigenvalue weighted by atomic mass is 9.89. The molecule has 19 heavy (non-hydrogen) atoms. The van der Waals surface area contributed by atoms with Gasteiger partial charge in [0.05, 0.1) is 5.92 Å². The third-order valence-corrected chi connectivity index (χ3v) is 3.44. The van der Waals surface area contributed by atoms with Gasteiger partial charge in [0.25, 0.3) is 0 Å². The Balaban J connectivity index is 2.15. The van der Waals surface area contributed by atoms with Crippen molar-refractivity contribution in [2.45, 2.75) is 32.3 Å². The van der Waals surface area contributed by atoms with Gasteiger partial charge in [-0.15, -0.1) is 0 Å². The Hall–Kier alpha value is -1.06. The molecule has 1 aliphatic rings. The normalized spacial score (nSPS) is 23.4. The lowest BCUT2D eigenvalue weighted by Crippen LogP contribution is -2.31. The molecule has 0 aliphatic carbocycles. The van der Waals surface area contributed by atoms with E-state index in [9.17, 15) is 4.79 Å². The van der Waals surface area contributed by atoms with Gasteiger partial charge in [0.2, 0.25) is 0 Å². The Morgan fingerprint density at radius 3 is 2.74 bits per heavy atom. The molecule has 1 N–H and O–H groups in total. The van der Waals surface area contributed by atoms with Crippen LogP contribution in [0.25, 0.3) is 0 Å². The van der Waals surface area contributed by atoms with Gasteiger partial charge < -0.3 is 10.1 Å². The number of benzene rings is 1. The second-order valence-electron chi connectivity index (χ2n) is 5.96. The van der Waals surface area contributed by atoms with Crippen LogP contribution in [-0.2, 0) is 9.53 Å². The van der Waals surface area contributed by atoms with Crippen molar-refractivity contribution in [2.24, 2.45) is 5.92 Å². The summed E-state index contributed by atoms with van der Waals surface area (Å²) in [5.41, 5.74) is 0.645. The summed E-state index contributed by atoms with van der Waals surface area (Å²) >= 11 is 6.02. The maximum atomic E-state index is 12.2. The van der Waals surface area contributed by atoms with Gasteiger partial charge in [0.15, 0.2) is 0 Å². The van der Waals surface area contributed by atoms with Gasteiger partial charge >= 0.3 is 5.97 Å². The zero-order valence-corrected chi connectivity index (χ0v) is 12.3. The minimum absolute atomic E-state index is 0.133. The maximum absolute atomic E-state index is 12.2. The fourth-order valence-corrected chi connectivity index (χ4v) is 2.59. The SMILES string of the molecule is CC(C)(C)OC(=O)[C@@H]1CNC[C@H]1c1cccc(Cl)c1. The first-order valence-corrected chi connectivity index (χ1v) is 6.93. The van der Waals surface area contributed by atoms with E-state index in [4.69, 9.17) is 16.3 Å². The van der Waals surface area contributed by atoms with Crippen molar-refractivity contribution < 1.29 is 9.53 Å². The summed E-state index contributed by atoms with van der Waals surface area (Å²) in [5.74, 6) is -0.145. The third kappa shape index (κ3) is 3.71. The molecule has 1 fully saturated rings. The van der Waals surface area contributed by atoms with Gasteiger partial charge in [0.1, 0.15) is 5.60 Å². The van der Waals surface area contributed by atoms with E-state index in [1.54, 1.807) is 0 Å². The maximum Gasteiger partial charge on any atom is 0.311 e. The molecule has 3 nitrogen and oxygen atoms in total. The molecule has 2 atom stereocenters. The smallest absolute Gasteiger partial charge is 0.311 e. The van der Waals surface area contributed by atoms with E-state index in [-0.39, 0.29) is 17.8 Å². The second kappa shape index (κ2) is 5.51. The Bertz CT molecular complexity index is 467. The molecule has 0 spiro atoms. The number of carbonyl (C=O) groups excluding carboxylic acids is 1. The van der Waals surface area contributed by atoms with Crippen molar-refractivity contribution in [3.63, 3.8) is 0 Å². The van der Waals surface area contributed by atoms with Gasteiger partial charge in [-0.05, 0) is 38.5 Å². The molecule has 1 aromatic rings. The molecule has 1 aliphatic heterocycles. The standard InChI is InChI=1S/C15H20ClNO2/c1-15(2,3)19-14(18)13-9-17-8-12(13)10-5-4-6-11(16)7-10/h4-7,12-13,17H,8-9H2,1-3H3/t12-,13+/m0/s1. The van der Waals surface area contributed by atoms with E-state index in [0.29, 0.717) is 11.6 Å². The molecule has 0 aromatic heterocycles. The molecule has 4 heteroatoms. The highest BCUT2D eigenvalue weighted by molar-refractivity contribution is 6.30. The van der Waals surface area contributed by atoms with Crippen LogP contribution in [0.15, 0.2) is 24.3 Å². The summed E-state index contributed by atoms with van der Waals surface area (Å²) in [4.78, 5) is 12.2. The second-order valence-corrected chi connectivity index (χ2v) is 6.40. The largest absolute Gasteiger partial charge is 0.460 e. The monoisotopic (exact) mass is 281 g/mol. The van der Waals surface area contributed by atoms with Crippen molar-refractivity contribution >= 4 is 17.6 Å². The summed E-state index contributed by atoms with van der Waals surface area (Å²) in [7, 11) is 0. The minimum Gasteiger partial charge on any atom is -0.460 e. The summed E-state index contributed by atoms with van der Waals surface area (Å²) in [5, 5.41) is 3.96. The van der Waals surface area contributed by atoms with Crippen LogP contribution in [0.4, 0.5) is 0 Å². The predicted molar refractivity (Wildman–Crippen MR) is 76.4 cm³/mol. The van der Waals surface area contributed by atoms with Gasteiger partial charge in [-0.3, -0.25) is 4.79 Å². The molecule has 1 saturated heterocycles. The topological polar surface area (TPSA) is 38.3 Å². The molecule has 0 amide bonds. The number of nitrogens with one attached hydrogen (secondary N) is 1. The first kappa shape index (κ1) is 14.4. The molecular formula is C15H20ClNO2. The molecule has 0 bridgehead atoms. The highest BCUT2D eigenvalue weighted by Crippen LogP contribution is 2.31. The number of hydrogen-bond acceptors (Lipinski definition) is 3. The van der Waals surface area contributed by atoms with Gasteiger partial charge in [-0.2, -0.15) is 0 Å². The average molecular weight is 282 g/mol. The highest BCUT2D eigenvalue weighted by Gasteiger charge is 2.36. The van der Waals surface area contributed by atoms with Crippen molar-refractivity contribution in [3.05, 3.63) is 34.9 Å². The first-order chi connectivity index (χ1) is 8.87. The van der Waals surface area contributed by atoms with Crippen molar-refractivity contribution in [3.8, 4) is 0 Å². The predicted octanol–water partition coefficient (Wildman–Crippen LogP) is 2.98. The summed E-state index contributed by atoms with van der Waals surface area (Å²) in [6.07, 6.45) is 0. The van der Waals surface area contributed by atoms with E-state index in [1.807, 2.05) is 45.0 Å². The number of ether oxygens (including phenoxy) is 1. The Kier molecular flexibility index (Phi) is 4.16. The highest BCUT2D eigenvalue weighted by atomic mass is 35.5. The quantitative estimate of drug-likeness (QED) is 0.847. The molecule has 1 heterocycles. The lowest BCUT2D eigenvalue weighted by Gasteiger charge is -2.24. The van der Waals surface area contributed by atoms with Crippen LogP contribution in [0, 0.1) is 5.92 Å². The summed E-state index contributed by atoms with van der Waals surface area (Å²) in [6, 6.07) is 7.70. The van der Waals surface area contributed by atoms with Gasteiger partial charge in [0, 0.05) is 24.0 Å². The lowest BCUT2D eigenvalue weighted by molar-refractivity contribution is -0.159. The molecule has 1 aromatic carbocycles. The van der Waals surface area contributed by atoms with E-state index >= 15 is 0 Å². The molecule has 0 radical (unpaired) electrons. The zero-order valence-electron chi connectivity index (χ0n) is 11.6. The van der Waals surface area contributed by atoms with Crippen LogP contribution in [0.2, 0.25) is 5.02 Å². The van der Waals surface area contributed by atoms with Crippen LogP contribution in [-0.4, -0.2) is 24.7 Å². The molecule has 2 rings (SSSR count). The number of esters is 1. The van der Waals surface area contributed by atoms with Crippen LogP contribution < -0.4 is 5.32 Å². The van der Waals surface area contributed by atoms with Crippen molar-refractivity contribution in [1.82, 2.24) is 5.32 Å². The molecule has 104 valence electrons. The van der Waals surface area contributed by atoms with Crippen molar-refractivity contribution in [2.75, 3.05) is 13.1 Å². The number of hydrogen-bond donors (Lipinski definition) is 1. The molecular weight excluding hydrogens is 262 g/mol. The van der Waals surface area contributed by atoms with Crippen LogP contribution in [0.3, 0.4) is 0 Å². The molecule has 0 saturated carbocycles. The van der Waals surface area contributed by atoms with E-state index < -0.39 is 5.60 Å². The van der Waals surface area contributed by atoms with Crippen LogP contribution in [0.5, 0.6) is 0 Å². The number of rotatable bonds is 2. The van der Waals surface area contributed by atoms with Crippen molar-refractivity contribution in [1.29, 1.82) is 0 Å². The minimum atomic E-state index is -0.446.